The molecule has 0 fully saturated rings. The van der Waals surface area contributed by atoms with E-state index in [-0.39, 0.29) is 59.1 Å². The molecular weight excluding hydrogens is 271 g/mol. The zero-order valence-corrected chi connectivity index (χ0v) is 15.7. The smallest absolute Gasteiger partial charge is 0.601 e. The summed E-state index contributed by atoms with van der Waals surface area (Å²) in [5.74, 6) is 0. The van der Waals surface area contributed by atoms with Crippen molar-refractivity contribution in [1.82, 2.24) is 4.98 Å². The van der Waals surface area contributed by atoms with Crippen molar-refractivity contribution in [2.24, 2.45) is 0 Å². The van der Waals surface area contributed by atoms with E-state index in [0.29, 0.717) is 0 Å². The molecule has 0 aromatic carbocycles. The van der Waals surface area contributed by atoms with Gasteiger partial charge in [-0.15, -0.1) is 0 Å². The van der Waals surface area contributed by atoms with Gasteiger partial charge in [0.25, 0.3) is 0 Å². The Hall–Kier alpha value is 2.63. The minimum Gasteiger partial charge on any atom is -0.601 e. The van der Waals surface area contributed by atoms with Crippen LogP contribution in [0.5, 0.6) is 0 Å². The molecule has 0 saturated carbocycles. The molecule has 1 nitrogen and oxygen atoms in total. The molecule has 0 aliphatic carbocycles. The van der Waals surface area contributed by atoms with Gasteiger partial charge in [0.05, 0.1) is 0 Å². The first-order valence-corrected chi connectivity index (χ1v) is 8.49. The number of nitrogens with zero attached hydrogens (tertiary/aromatic N) is 1. The molecule has 0 unspecified atom stereocenters. The Bertz CT molecular complexity index is 242. The van der Waals surface area contributed by atoms with Crippen LogP contribution in [0.3, 0.4) is 0 Å². The number of aryl methyl sites for hydroxylation is 1. The van der Waals surface area contributed by atoms with E-state index in [2.05, 4.69) is 4.98 Å². The van der Waals surface area contributed by atoms with E-state index in [1.807, 2.05) is 12.1 Å². The second-order valence-corrected chi connectivity index (χ2v) is 11.8. The molecule has 0 spiro atoms. The van der Waals surface area contributed by atoms with E-state index in [1.54, 1.807) is 12.4 Å². The molecule has 1 aromatic rings. The summed E-state index contributed by atoms with van der Waals surface area (Å²) >= 11 is 15.0. The van der Waals surface area contributed by atoms with E-state index in [0.717, 1.165) is 12.6 Å². The van der Waals surface area contributed by atoms with Crippen LogP contribution in [-0.4, -0.2) is 11.1 Å². The molecule has 66 valence electrons. The van der Waals surface area contributed by atoms with E-state index in [4.69, 9.17) is 36.7 Å². The van der Waals surface area contributed by atoms with Gasteiger partial charge in [0.2, 0.25) is 0 Å². The third kappa shape index (κ3) is 9.83. The largest absolute Gasteiger partial charge is 1.00 e. The Morgan fingerprint density at radius 1 is 1.07 bits per heavy atom. The Labute approximate surface area is 146 Å². The Kier molecular flexibility index (Phi) is 13.1. The molecule has 0 radical (unpaired) electrons. The molecule has 0 atom stereocenters. The first-order valence-electron chi connectivity index (χ1n) is 3.48. The van der Waals surface area contributed by atoms with Crippen molar-refractivity contribution in [3.05, 3.63) is 30.1 Å². The summed E-state index contributed by atoms with van der Waals surface area (Å²) in [5, 5.41) is 0. The molecule has 0 saturated heterocycles. The number of hydrogen-bond donors (Lipinski definition) is 0. The summed E-state index contributed by atoms with van der Waals surface area (Å²) in [4.78, 5) is 2.07. The maximum absolute atomic E-state index is 5.01. The van der Waals surface area contributed by atoms with Gasteiger partial charge in [-0.05, 0) is 17.7 Å². The molecule has 0 bridgehead atoms. The Morgan fingerprint density at radius 3 is 2.00 bits per heavy atom. The first-order chi connectivity index (χ1) is 5.58. The van der Waals surface area contributed by atoms with Gasteiger partial charge < -0.3 is 41.6 Å². The fourth-order valence-electron chi connectivity index (χ4n) is 0.815. The van der Waals surface area contributed by atoms with Crippen molar-refractivity contribution in [1.29, 1.82) is 0 Å². The maximum atomic E-state index is 5.01. The van der Waals surface area contributed by atoms with E-state index in [1.165, 1.54) is 5.56 Å². The number of aromatic nitrogens is 1. The van der Waals surface area contributed by atoms with Crippen LogP contribution >= 0.6 is 4.87 Å². The van der Waals surface area contributed by atoms with E-state index >= 15 is 0 Å². The van der Waals surface area contributed by atoms with Gasteiger partial charge in [-0.1, -0.05) is 0 Å². The van der Waals surface area contributed by atoms with Crippen LogP contribution < -0.4 is 59.1 Å². The van der Waals surface area contributed by atoms with Gasteiger partial charge >= 0.3 is 59.1 Å². The van der Waals surface area contributed by atoms with Crippen molar-refractivity contribution >= 4 is 41.6 Å². The summed E-state index contributed by atoms with van der Waals surface area (Å²) < 4.78 is 0. The minimum atomic E-state index is -1.85. The second-order valence-electron chi connectivity index (χ2n) is 2.44. The van der Waals surface area contributed by atoms with E-state index in [9.17, 15) is 0 Å². The molecule has 0 amide bonds. The second kappa shape index (κ2) is 9.64. The summed E-state index contributed by atoms with van der Waals surface area (Å²) in [6, 6.07) is 3.94. The average molecular weight is 279 g/mol. The maximum Gasteiger partial charge on any atom is 1.00 e. The van der Waals surface area contributed by atoms with Crippen molar-refractivity contribution in [2.75, 3.05) is 6.16 Å². The van der Waals surface area contributed by atoms with Crippen LogP contribution in [0.1, 0.15) is 5.56 Å². The normalized spacial score (nSPS) is 9.93. The third-order valence-corrected chi connectivity index (χ3v) is 3.84. The standard InChI is InChI=1S/C7H10NPS3.2Na/c10-9(11,12)6-3-7-1-4-8-5-2-7;;/h1-2,4-5H,3,6H2,(H2,10,11,12);;/q;2*+1/p-2. The quantitative estimate of drug-likeness (QED) is 0.318. The van der Waals surface area contributed by atoms with Crippen molar-refractivity contribution in [3.63, 3.8) is 0 Å². The summed E-state index contributed by atoms with van der Waals surface area (Å²) in [6.45, 7) is 0. The zero-order chi connectivity index (χ0) is 9.03. The molecule has 1 aromatic heterocycles. The van der Waals surface area contributed by atoms with Crippen LogP contribution in [0.2, 0.25) is 0 Å². The van der Waals surface area contributed by atoms with Crippen molar-refractivity contribution < 1.29 is 59.1 Å². The predicted molar refractivity (Wildman–Crippen MR) is 61.8 cm³/mol. The Morgan fingerprint density at radius 2 is 1.57 bits per heavy atom. The van der Waals surface area contributed by atoms with Crippen LogP contribution in [0.4, 0.5) is 0 Å². The summed E-state index contributed by atoms with van der Waals surface area (Å²) in [5.41, 5.74) is 1.22. The monoisotopic (exact) mass is 279 g/mol. The zero-order valence-electron chi connectivity index (χ0n) is 8.34. The predicted octanol–water partition coefficient (Wildman–Crippen LogP) is -3.96. The summed E-state index contributed by atoms with van der Waals surface area (Å²) in [6.07, 6.45) is 5.22. The van der Waals surface area contributed by atoms with Gasteiger partial charge in [-0.25, -0.2) is 0 Å². The average Bonchev–Trinajstić information content (AvgIpc) is 2.02. The number of rotatable bonds is 3. The van der Waals surface area contributed by atoms with Gasteiger partial charge in [0, 0.05) is 25.0 Å². The molecule has 1 rings (SSSR count). The van der Waals surface area contributed by atoms with Gasteiger partial charge in [0.1, 0.15) is 0 Å². The fourth-order valence-corrected chi connectivity index (χ4v) is 2.17. The first kappa shape index (κ1) is 19.0. The van der Waals surface area contributed by atoms with Crippen LogP contribution in [-0.2, 0) is 43.2 Å². The van der Waals surface area contributed by atoms with E-state index < -0.39 is 4.87 Å². The topological polar surface area (TPSA) is 12.9 Å². The van der Waals surface area contributed by atoms with Crippen molar-refractivity contribution in [3.8, 4) is 0 Å². The molecule has 0 N–H and O–H groups in total. The van der Waals surface area contributed by atoms with Crippen LogP contribution in [0, 0.1) is 0 Å². The van der Waals surface area contributed by atoms with Crippen LogP contribution in [0.25, 0.3) is 0 Å². The van der Waals surface area contributed by atoms with Crippen LogP contribution in [0.15, 0.2) is 24.5 Å². The number of hydrogen-bond acceptors (Lipinski definition) is 4. The van der Waals surface area contributed by atoms with Gasteiger partial charge in [0.15, 0.2) is 0 Å². The fraction of sp³-hybridized carbons (Fsp3) is 0.286. The molecular formula is C7H8NNa2PS3. The van der Waals surface area contributed by atoms with Crippen molar-refractivity contribution in [2.45, 2.75) is 6.42 Å². The molecule has 14 heavy (non-hydrogen) atoms. The third-order valence-electron chi connectivity index (χ3n) is 1.42. The van der Waals surface area contributed by atoms with Gasteiger partial charge in [-0.3, -0.25) is 4.98 Å². The molecule has 0 aliphatic rings. The summed E-state index contributed by atoms with van der Waals surface area (Å²) in [7, 11) is 0. The SMILES string of the molecule is [Na+].[Na+].[S-][P+]([S-])([S-])CCc1ccncc1. The molecule has 7 heteroatoms. The molecule has 1 heterocycles. The minimum absolute atomic E-state index is 0. The molecule has 0 aliphatic heterocycles. The van der Waals surface area contributed by atoms with Gasteiger partial charge in [-0.2, -0.15) is 0 Å². The number of pyridine rings is 1. The Balaban J connectivity index is 0.